The van der Waals surface area contributed by atoms with E-state index < -0.39 is 12.6 Å². The van der Waals surface area contributed by atoms with Gasteiger partial charge in [0.05, 0.1) is 9.71 Å². The Labute approximate surface area is 155 Å². The van der Waals surface area contributed by atoms with Crippen LogP contribution in [0.4, 0.5) is 5.82 Å². The summed E-state index contributed by atoms with van der Waals surface area (Å²) in [6.45, 7) is 3.52. The van der Waals surface area contributed by atoms with E-state index in [-0.39, 0.29) is 12.3 Å². The number of nitrogens with zero attached hydrogens (tertiary/aromatic N) is 3. The molecule has 0 aliphatic rings. The second-order valence-corrected chi connectivity index (χ2v) is 6.63. The largest absolute Gasteiger partial charge is 0.507 e. The maximum Gasteiger partial charge on any atom is 0.158 e. The van der Waals surface area contributed by atoms with Crippen LogP contribution in [0.1, 0.15) is 18.0 Å². The van der Waals surface area contributed by atoms with Gasteiger partial charge in [0, 0.05) is 47.3 Å². The summed E-state index contributed by atoms with van der Waals surface area (Å²) in [5, 5.41) is 23.6. The molecule has 0 bridgehead atoms. The van der Waals surface area contributed by atoms with Gasteiger partial charge in [-0.05, 0) is 38.1 Å². The minimum atomic E-state index is -2.50. The fourth-order valence-corrected chi connectivity index (χ4v) is 2.53. The Morgan fingerprint density at radius 2 is 2.12 bits per heavy atom. The highest BCUT2D eigenvalue weighted by Crippen LogP contribution is 2.35. The molecule has 3 rings (SSSR count). The first kappa shape index (κ1) is 13.8. The number of phenolic OH excluding ortho intramolecular Hbond substituents is 1. The number of aromatic nitrogens is 3. The lowest BCUT2D eigenvalue weighted by molar-refractivity contribution is 0.0343. The Hall–Kier alpha value is -2.44. The molecule has 0 spiro atoms. The Morgan fingerprint density at radius 1 is 1.28 bits per heavy atom. The molecule has 0 saturated carbocycles. The topological polar surface area (TPSA) is 80.2 Å². The summed E-state index contributed by atoms with van der Waals surface area (Å²) in [5.41, 5.74) is 0.00928. The number of pyridine rings is 1. The van der Waals surface area contributed by atoms with E-state index in [2.05, 4.69) is 20.5 Å². The average molecular weight is 362 g/mol. The van der Waals surface area contributed by atoms with E-state index in [1.165, 1.54) is 6.07 Å². The quantitative estimate of drug-likeness (QED) is 0.717. The summed E-state index contributed by atoms with van der Waals surface area (Å²) < 4.78 is 26.9. The predicted molar refractivity (Wildman–Crippen MR) is 99.0 cm³/mol. The van der Waals surface area contributed by atoms with E-state index in [0.717, 1.165) is 5.39 Å². The van der Waals surface area contributed by atoms with Crippen LogP contribution in [-0.2, 0) is 4.74 Å². The van der Waals surface area contributed by atoms with Crippen molar-refractivity contribution in [1.29, 1.82) is 0 Å². The van der Waals surface area contributed by atoms with E-state index in [9.17, 15) is 5.11 Å². The first-order valence-corrected chi connectivity index (χ1v) is 7.97. The van der Waals surface area contributed by atoms with Crippen LogP contribution in [0.3, 0.4) is 0 Å². The zero-order chi connectivity index (χ0) is 20.5. The van der Waals surface area contributed by atoms with E-state index in [0.29, 0.717) is 27.5 Å². The fraction of sp³-hybridized carbons (Fsp3) is 0.278. The smallest absolute Gasteiger partial charge is 0.158 e. The van der Waals surface area contributed by atoms with E-state index >= 15 is 0 Å². The summed E-state index contributed by atoms with van der Waals surface area (Å²) in [6.07, 6.45) is 3.24. The molecule has 0 atom stereocenters. The third-order valence-corrected chi connectivity index (χ3v) is 3.99. The van der Waals surface area contributed by atoms with Gasteiger partial charge in [0.1, 0.15) is 11.4 Å². The van der Waals surface area contributed by atoms with E-state index in [1.54, 1.807) is 44.4 Å². The lowest BCUT2D eigenvalue weighted by atomic mass is 10.0. The van der Waals surface area contributed by atoms with Crippen LogP contribution in [0.25, 0.3) is 22.0 Å². The van der Waals surface area contributed by atoms with Gasteiger partial charge in [-0.2, -0.15) is 0 Å². The van der Waals surface area contributed by atoms with Crippen LogP contribution >= 0.6 is 11.6 Å². The maximum atomic E-state index is 10.2. The highest BCUT2D eigenvalue weighted by Gasteiger charge is 2.18. The molecular weight excluding hydrogens is 340 g/mol. The standard InChI is InChI=1S/C18H19ClN4O2/c1-18(2,25-3)10-21-17-14-9-20-7-6-12(14)16(22-23-17)13-5-4-11(19)8-15(13)24/h4-9,24H,10H2,1-3H3,(H,21,23)/i3D3. The number of phenols is 1. The summed E-state index contributed by atoms with van der Waals surface area (Å²) in [4.78, 5) is 4.14. The van der Waals surface area contributed by atoms with Crippen molar-refractivity contribution in [3.05, 3.63) is 41.7 Å². The number of rotatable bonds is 5. The van der Waals surface area contributed by atoms with Crippen molar-refractivity contribution < 1.29 is 14.0 Å². The molecule has 1 aromatic carbocycles. The van der Waals surface area contributed by atoms with Crippen molar-refractivity contribution in [2.75, 3.05) is 18.9 Å². The summed E-state index contributed by atoms with van der Waals surface area (Å²) in [7, 11) is -2.50. The third-order valence-electron chi connectivity index (χ3n) is 3.75. The van der Waals surface area contributed by atoms with Gasteiger partial charge in [0.15, 0.2) is 5.82 Å². The number of hydrogen-bond donors (Lipinski definition) is 2. The number of fused-ring (bicyclic) bond motifs is 1. The molecule has 0 aliphatic heterocycles. The molecule has 0 fully saturated rings. The zero-order valence-electron chi connectivity index (χ0n) is 16.7. The predicted octanol–water partition coefficient (Wildman–Crippen LogP) is 3.89. The number of ether oxygens (including phenoxy) is 1. The molecule has 25 heavy (non-hydrogen) atoms. The highest BCUT2D eigenvalue weighted by atomic mass is 35.5. The van der Waals surface area contributed by atoms with Gasteiger partial charge in [-0.1, -0.05) is 11.6 Å². The van der Waals surface area contributed by atoms with Crippen LogP contribution in [0.15, 0.2) is 36.7 Å². The molecule has 2 heterocycles. The monoisotopic (exact) mass is 361 g/mol. The van der Waals surface area contributed by atoms with Gasteiger partial charge in [-0.3, -0.25) is 4.98 Å². The molecule has 2 N–H and O–H groups in total. The van der Waals surface area contributed by atoms with Crippen molar-refractivity contribution in [3.63, 3.8) is 0 Å². The maximum absolute atomic E-state index is 10.2. The summed E-state index contributed by atoms with van der Waals surface area (Å²) in [6, 6.07) is 6.53. The summed E-state index contributed by atoms with van der Waals surface area (Å²) >= 11 is 5.91. The number of hydrogen-bond acceptors (Lipinski definition) is 6. The van der Waals surface area contributed by atoms with E-state index in [1.807, 2.05) is 0 Å². The van der Waals surface area contributed by atoms with Crippen molar-refractivity contribution >= 4 is 28.2 Å². The second kappa shape index (κ2) is 6.82. The number of anilines is 1. The number of aromatic hydroxyl groups is 1. The second-order valence-electron chi connectivity index (χ2n) is 6.20. The number of halogens is 1. The van der Waals surface area contributed by atoms with Gasteiger partial charge in [0.2, 0.25) is 0 Å². The van der Waals surface area contributed by atoms with Gasteiger partial charge in [0.25, 0.3) is 0 Å². The lowest BCUT2D eigenvalue weighted by Crippen LogP contribution is -2.32. The molecule has 130 valence electrons. The molecule has 0 saturated heterocycles. The lowest BCUT2D eigenvalue weighted by Gasteiger charge is -2.23. The van der Waals surface area contributed by atoms with E-state index in [4.69, 9.17) is 20.5 Å². The Balaban J connectivity index is 1.96. The van der Waals surface area contributed by atoms with Gasteiger partial charge in [-0.25, -0.2) is 0 Å². The number of methoxy groups -OCH3 is 1. The molecule has 0 amide bonds. The Kier molecular flexibility index (Phi) is 3.77. The highest BCUT2D eigenvalue weighted by molar-refractivity contribution is 6.30. The molecule has 0 unspecified atom stereocenters. The number of nitrogens with one attached hydrogen (secondary N) is 1. The van der Waals surface area contributed by atoms with Crippen LogP contribution < -0.4 is 5.32 Å². The van der Waals surface area contributed by atoms with Crippen molar-refractivity contribution in [2.45, 2.75) is 19.4 Å². The van der Waals surface area contributed by atoms with Crippen molar-refractivity contribution in [1.82, 2.24) is 15.2 Å². The first-order valence-electron chi connectivity index (χ1n) is 9.09. The average Bonchev–Trinajstić information content (AvgIpc) is 2.58. The van der Waals surface area contributed by atoms with Crippen molar-refractivity contribution in [3.8, 4) is 17.0 Å². The van der Waals surface area contributed by atoms with Crippen LogP contribution in [-0.4, -0.2) is 39.5 Å². The molecule has 3 aromatic rings. The fourth-order valence-electron chi connectivity index (χ4n) is 2.36. The SMILES string of the molecule is [2H]C([2H])([2H])OC(C)(C)CNc1nnc(-c2ccc(Cl)cc2O)c2ccncc12. The normalized spacial score (nSPS) is 14.0. The number of benzene rings is 1. The van der Waals surface area contributed by atoms with Crippen LogP contribution in [0.5, 0.6) is 5.75 Å². The third kappa shape index (κ3) is 3.65. The minimum Gasteiger partial charge on any atom is -0.507 e. The Bertz CT molecular complexity index is 1010. The van der Waals surface area contributed by atoms with Crippen LogP contribution in [0.2, 0.25) is 5.02 Å². The van der Waals surface area contributed by atoms with Gasteiger partial charge >= 0.3 is 0 Å². The molecule has 7 heteroatoms. The summed E-state index contributed by atoms with van der Waals surface area (Å²) in [5.74, 6) is 0.426. The molecule has 0 radical (unpaired) electrons. The molecule has 2 aromatic heterocycles. The van der Waals surface area contributed by atoms with Crippen LogP contribution in [0, 0.1) is 0 Å². The molecule has 6 nitrogen and oxygen atoms in total. The van der Waals surface area contributed by atoms with Crippen molar-refractivity contribution in [2.24, 2.45) is 0 Å². The zero-order valence-corrected chi connectivity index (χ0v) is 14.5. The van der Waals surface area contributed by atoms with Gasteiger partial charge < -0.3 is 15.2 Å². The molecular formula is C18H19ClN4O2. The van der Waals surface area contributed by atoms with Gasteiger partial charge in [-0.15, -0.1) is 10.2 Å². The minimum absolute atomic E-state index is 0.00664. The Morgan fingerprint density at radius 3 is 2.88 bits per heavy atom. The first-order chi connectivity index (χ1) is 13.1. The molecule has 0 aliphatic carbocycles.